The lowest BCUT2D eigenvalue weighted by Crippen LogP contribution is -2.20. The van der Waals surface area contributed by atoms with Gasteiger partial charge in [0.25, 0.3) is 0 Å². The van der Waals surface area contributed by atoms with Gasteiger partial charge in [-0.15, -0.1) is 0 Å². The van der Waals surface area contributed by atoms with Crippen LogP contribution in [0.5, 0.6) is 11.5 Å². The van der Waals surface area contributed by atoms with Crippen LogP contribution >= 0.6 is 0 Å². The molecule has 75 heavy (non-hydrogen) atoms. The van der Waals surface area contributed by atoms with E-state index < -0.39 is 11.4 Å². The molecular formula is C69H56O6. The summed E-state index contributed by atoms with van der Waals surface area (Å²) in [7, 11) is 1.70. The second-order valence-corrected chi connectivity index (χ2v) is 19.6. The van der Waals surface area contributed by atoms with Crippen LogP contribution in [0.2, 0.25) is 0 Å². The number of hydrogen-bond acceptors (Lipinski definition) is 6. The Hall–Kier alpha value is -8.84. The van der Waals surface area contributed by atoms with Gasteiger partial charge in [-0.25, -0.2) is 4.79 Å². The minimum absolute atomic E-state index is 0.00274. The number of esters is 1. The van der Waals surface area contributed by atoms with Gasteiger partial charge in [0.1, 0.15) is 31.3 Å². The average molecular weight is 981 g/mol. The first-order chi connectivity index (χ1) is 36.6. The molecule has 0 fully saturated rings. The summed E-state index contributed by atoms with van der Waals surface area (Å²) >= 11 is 0. The molecule has 6 heteroatoms. The Morgan fingerprint density at radius 1 is 0.373 bits per heavy atom. The van der Waals surface area contributed by atoms with Crippen molar-refractivity contribution >= 4 is 54.8 Å². The number of methoxy groups -OCH3 is 1. The van der Waals surface area contributed by atoms with Crippen molar-refractivity contribution in [3.8, 4) is 56.0 Å². The highest BCUT2D eigenvalue weighted by Crippen LogP contribution is 2.49. The lowest BCUT2D eigenvalue weighted by Gasteiger charge is -2.31. The summed E-state index contributed by atoms with van der Waals surface area (Å²) in [5.41, 5.74) is 10.3. The number of rotatable bonds is 16. The van der Waals surface area contributed by atoms with Crippen molar-refractivity contribution in [2.75, 3.05) is 33.5 Å². The summed E-state index contributed by atoms with van der Waals surface area (Å²) in [6, 6.07) is 75.8. The second-order valence-electron chi connectivity index (χ2n) is 19.6. The van der Waals surface area contributed by atoms with E-state index >= 15 is 0 Å². The van der Waals surface area contributed by atoms with Gasteiger partial charge in [0.2, 0.25) is 0 Å². The number of hydrogen-bond donors (Lipinski definition) is 0. The third-order valence-corrected chi connectivity index (χ3v) is 14.5. The smallest absolute Gasteiger partial charge is 0.338 e. The van der Waals surface area contributed by atoms with Crippen molar-refractivity contribution in [1.29, 1.82) is 0 Å². The SMILES string of the molecule is COCCOc1c(-c2ccc3ccccc3c2)cc(C(C)(C)c2cc(-c3ccc4ccccc4c3)c(OCCOC(=O)c3ccc(C(C)=O)cc3)c(-c3ccc4ccccc4c3)c2)cc1-c1ccc2ccccc2c1. The van der Waals surface area contributed by atoms with Gasteiger partial charge >= 0.3 is 5.97 Å². The Labute approximate surface area is 437 Å². The Bertz CT molecular complexity index is 3740. The molecular weight excluding hydrogens is 925 g/mol. The van der Waals surface area contributed by atoms with Crippen LogP contribution in [0.3, 0.4) is 0 Å². The van der Waals surface area contributed by atoms with Gasteiger partial charge < -0.3 is 18.9 Å². The first kappa shape index (κ1) is 48.4. The fraction of sp³-hybridized carbons (Fsp3) is 0.130. The maximum Gasteiger partial charge on any atom is 0.338 e. The van der Waals surface area contributed by atoms with E-state index in [1.807, 2.05) is 0 Å². The van der Waals surface area contributed by atoms with Crippen LogP contribution in [0.25, 0.3) is 87.6 Å². The van der Waals surface area contributed by atoms with Crippen molar-refractivity contribution in [2.24, 2.45) is 0 Å². The maximum atomic E-state index is 13.3. The molecule has 0 saturated carbocycles. The van der Waals surface area contributed by atoms with Crippen LogP contribution in [0, 0.1) is 0 Å². The van der Waals surface area contributed by atoms with Crippen LogP contribution in [-0.4, -0.2) is 45.3 Å². The minimum Gasteiger partial charge on any atom is -0.490 e. The molecule has 0 spiro atoms. The minimum atomic E-state index is -0.620. The zero-order valence-corrected chi connectivity index (χ0v) is 42.6. The zero-order valence-electron chi connectivity index (χ0n) is 42.6. The van der Waals surface area contributed by atoms with Crippen LogP contribution < -0.4 is 9.47 Å². The van der Waals surface area contributed by atoms with Crippen molar-refractivity contribution in [2.45, 2.75) is 26.2 Å². The van der Waals surface area contributed by atoms with Gasteiger partial charge in [-0.1, -0.05) is 172 Å². The summed E-state index contributed by atoms with van der Waals surface area (Å²) in [4.78, 5) is 25.2. The van der Waals surface area contributed by atoms with Crippen LogP contribution in [0.4, 0.5) is 0 Å². The Balaban J connectivity index is 1.10. The lowest BCUT2D eigenvalue weighted by atomic mass is 9.74. The third-order valence-electron chi connectivity index (χ3n) is 14.5. The van der Waals surface area contributed by atoms with Gasteiger partial charge in [-0.3, -0.25) is 4.79 Å². The van der Waals surface area contributed by atoms with E-state index in [2.05, 4.69) is 208 Å². The van der Waals surface area contributed by atoms with Crippen molar-refractivity contribution in [3.63, 3.8) is 0 Å². The Morgan fingerprint density at radius 3 is 1.03 bits per heavy atom. The summed E-state index contributed by atoms with van der Waals surface area (Å²) in [6.07, 6.45) is 0. The van der Waals surface area contributed by atoms with Gasteiger partial charge in [0.05, 0.1) is 12.2 Å². The fourth-order valence-corrected chi connectivity index (χ4v) is 10.2. The summed E-state index contributed by atoms with van der Waals surface area (Å²) in [6.45, 7) is 7.01. The number of carbonyl (C=O) groups is 2. The predicted octanol–water partition coefficient (Wildman–Crippen LogP) is 16.8. The van der Waals surface area contributed by atoms with Gasteiger partial charge in [0.15, 0.2) is 5.78 Å². The Morgan fingerprint density at radius 2 is 0.693 bits per heavy atom. The highest BCUT2D eigenvalue weighted by molar-refractivity contribution is 5.98. The van der Waals surface area contributed by atoms with E-state index in [4.69, 9.17) is 18.9 Å². The molecule has 6 nitrogen and oxygen atoms in total. The molecule has 0 bridgehead atoms. The molecule has 11 aromatic carbocycles. The quantitative estimate of drug-likeness (QED) is 0.0546. The predicted molar refractivity (Wildman–Crippen MR) is 306 cm³/mol. The number of fused-ring (bicyclic) bond motifs is 4. The molecule has 0 amide bonds. The molecule has 0 atom stereocenters. The third kappa shape index (κ3) is 10.0. The molecule has 0 aliphatic heterocycles. The number of ether oxygens (including phenoxy) is 4. The number of carbonyl (C=O) groups excluding carboxylic acids is 2. The topological polar surface area (TPSA) is 71.1 Å². The van der Waals surface area contributed by atoms with Crippen LogP contribution in [-0.2, 0) is 14.9 Å². The highest BCUT2D eigenvalue weighted by Gasteiger charge is 2.30. The van der Waals surface area contributed by atoms with Crippen molar-refractivity contribution < 1.29 is 28.5 Å². The maximum absolute atomic E-state index is 13.3. The number of ketones is 1. The molecule has 0 aliphatic carbocycles. The fourth-order valence-electron chi connectivity index (χ4n) is 10.2. The summed E-state index contributed by atoms with van der Waals surface area (Å²) in [5, 5.41) is 9.09. The molecule has 368 valence electrons. The highest BCUT2D eigenvalue weighted by atomic mass is 16.6. The standard InChI is InChI=1S/C69H56O6/c1-45(70)46-21-27-51(28-22-46)68(71)75-36-35-74-67-64(58-31-25-49-15-7-11-19-54(49)39-58)43-61(44-65(67)59-32-26-50-16-8-12-20-55(50)40-59)69(2,3)60-41-62(56-29-23-47-13-5-9-17-52(47)37-56)66(73-34-33-72-4)63(42-60)57-30-24-48-14-6-10-18-53(48)38-57/h5-32,37-44H,33-36H2,1-4H3. The molecule has 0 aromatic heterocycles. The van der Waals surface area contributed by atoms with Gasteiger partial charge in [-0.05, 0) is 144 Å². The lowest BCUT2D eigenvalue weighted by molar-refractivity contribution is 0.0451. The molecule has 0 radical (unpaired) electrons. The number of Topliss-reactive ketones (excluding diaryl/α,β-unsaturated/α-hetero) is 1. The second kappa shape index (κ2) is 20.9. The van der Waals surface area contributed by atoms with E-state index in [0.717, 1.165) is 104 Å². The normalized spacial score (nSPS) is 11.6. The van der Waals surface area contributed by atoms with Gasteiger partial charge in [0, 0.05) is 40.3 Å². The number of benzene rings is 11. The molecule has 0 N–H and O–H groups in total. The van der Waals surface area contributed by atoms with Crippen LogP contribution in [0.15, 0.2) is 218 Å². The first-order valence-corrected chi connectivity index (χ1v) is 25.5. The van der Waals surface area contributed by atoms with E-state index in [0.29, 0.717) is 30.1 Å². The molecule has 11 aromatic rings. The van der Waals surface area contributed by atoms with Gasteiger partial charge in [-0.2, -0.15) is 0 Å². The molecule has 0 saturated heterocycles. The van der Waals surface area contributed by atoms with E-state index in [9.17, 15) is 9.59 Å². The molecule has 0 aliphatic rings. The molecule has 0 unspecified atom stereocenters. The largest absolute Gasteiger partial charge is 0.490 e. The Kier molecular flexibility index (Phi) is 13.5. The van der Waals surface area contributed by atoms with Crippen molar-refractivity contribution in [1.82, 2.24) is 0 Å². The zero-order chi connectivity index (χ0) is 51.5. The monoisotopic (exact) mass is 980 g/mol. The molecule has 11 rings (SSSR count). The van der Waals surface area contributed by atoms with E-state index in [1.54, 1.807) is 31.4 Å². The summed E-state index contributed by atoms with van der Waals surface area (Å²) in [5.74, 6) is 0.914. The van der Waals surface area contributed by atoms with E-state index in [-0.39, 0.29) is 19.0 Å². The first-order valence-electron chi connectivity index (χ1n) is 25.5. The average Bonchev–Trinajstić information content (AvgIpc) is 3.46. The molecule has 0 heterocycles. The van der Waals surface area contributed by atoms with Crippen molar-refractivity contribution in [3.05, 3.63) is 241 Å². The summed E-state index contributed by atoms with van der Waals surface area (Å²) < 4.78 is 25.2. The van der Waals surface area contributed by atoms with Crippen LogP contribution in [0.1, 0.15) is 52.6 Å². The van der Waals surface area contributed by atoms with E-state index in [1.165, 1.54) is 6.92 Å².